The van der Waals surface area contributed by atoms with Gasteiger partial charge in [-0.25, -0.2) is 19.0 Å². The lowest BCUT2D eigenvalue weighted by Crippen LogP contribution is -2.06. The number of carbonyl (C=O) groups excluding carboxylic acids is 2. The standard InChI is InChI=1S/C11H5N3O4/c15-5-12-9-7-3-1-2-4-8(7)14(11(17)18)10(9)13-6-16/h1-4H,(H,17,18). The zero-order valence-corrected chi connectivity index (χ0v) is 8.82. The van der Waals surface area contributed by atoms with E-state index in [1.165, 1.54) is 18.2 Å². The first-order valence-electron chi connectivity index (χ1n) is 4.73. The summed E-state index contributed by atoms with van der Waals surface area (Å²) in [6, 6.07) is 6.34. The van der Waals surface area contributed by atoms with Crippen molar-refractivity contribution in [3.8, 4) is 0 Å². The molecule has 0 bridgehead atoms. The van der Waals surface area contributed by atoms with Gasteiger partial charge in [-0.05, 0) is 6.07 Å². The maximum absolute atomic E-state index is 11.2. The average Bonchev–Trinajstić information content (AvgIpc) is 2.65. The fraction of sp³-hybridized carbons (Fsp3) is 0. The van der Waals surface area contributed by atoms with E-state index in [1.54, 1.807) is 18.2 Å². The van der Waals surface area contributed by atoms with Gasteiger partial charge in [0.2, 0.25) is 12.2 Å². The zero-order valence-electron chi connectivity index (χ0n) is 8.82. The number of rotatable bonds is 2. The Morgan fingerprint density at radius 1 is 1.17 bits per heavy atom. The van der Waals surface area contributed by atoms with Crippen molar-refractivity contribution in [3.63, 3.8) is 0 Å². The van der Waals surface area contributed by atoms with Crippen molar-refractivity contribution in [2.45, 2.75) is 0 Å². The number of fused-ring (bicyclic) bond motifs is 1. The summed E-state index contributed by atoms with van der Waals surface area (Å²) in [6.07, 6.45) is 1.21. The number of nitrogens with zero attached hydrogens (tertiary/aromatic N) is 3. The van der Waals surface area contributed by atoms with E-state index in [-0.39, 0.29) is 17.0 Å². The van der Waals surface area contributed by atoms with E-state index in [2.05, 4.69) is 9.98 Å². The summed E-state index contributed by atoms with van der Waals surface area (Å²) in [5, 5.41) is 9.49. The molecule has 0 saturated heterocycles. The Bertz CT molecular complexity index is 695. The SMILES string of the molecule is O=C=Nc1c(N=C=O)n(C(=O)O)c2ccccc12. The summed E-state index contributed by atoms with van der Waals surface area (Å²) in [7, 11) is 0. The van der Waals surface area contributed by atoms with Crippen LogP contribution in [-0.2, 0) is 9.59 Å². The lowest BCUT2D eigenvalue weighted by molar-refractivity contribution is 0.198. The van der Waals surface area contributed by atoms with Gasteiger partial charge in [-0.15, -0.1) is 4.99 Å². The number of carboxylic acid groups (broad SMARTS) is 1. The van der Waals surface area contributed by atoms with Crippen molar-refractivity contribution in [3.05, 3.63) is 24.3 Å². The molecule has 1 heterocycles. The quantitative estimate of drug-likeness (QED) is 0.644. The summed E-state index contributed by atoms with van der Waals surface area (Å²) < 4.78 is 0.760. The minimum atomic E-state index is -1.34. The first kappa shape index (κ1) is 11.5. The molecule has 0 aliphatic heterocycles. The van der Waals surface area contributed by atoms with Crippen molar-refractivity contribution < 1.29 is 19.5 Å². The lowest BCUT2D eigenvalue weighted by Gasteiger charge is -1.98. The third kappa shape index (κ3) is 1.62. The summed E-state index contributed by atoms with van der Waals surface area (Å²) in [5.41, 5.74) is 0.249. The van der Waals surface area contributed by atoms with Gasteiger partial charge in [-0.2, -0.15) is 4.99 Å². The molecule has 88 valence electrons. The third-order valence-corrected chi connectivity index (χ3v) is 2.32. The molecule has 0 fully saturated rings. The zero-order chi connectivity index (χ0) is 13.1. The predicted octanol–water partition coefficient (Wildman–Crippen LogP) is 2.10. The smallest absolute Gasteiger partial charge is 0.417 e. The van der Waals surface area contributed by atoms with Crippen LogP contribution in [0, 0.1) is 0 Å². The van der Waals surface area contributed by atoms with Crippen LogP contribution >= 0.6 is 0 Å². The molecule has 0 atom stereocenters. The third-order valence-electron chi connectivity index (χ3n) is 2.32. The van der Waals surface area contributed by atoms with Gasteiger partial charge in [0, 0.05) is 5.39 Å². The Labute approximate surface area is 99.7 Å². The molecule has 0 radical (unpaired) electrons. The van der Waals surface area contributed by atoms with Gasteiger partial charge in [-0.3, -0.25) is 0 Å². The van der Waals surface area contributed by atoms with Crippen molar-refractivity contribution in [2.24, 2.45) is 9.98 Å². The number of hydrogen-bond donors (Lipinski definition) is 1. The molecule has 1 aromatic heterocycles. The molecule has 0 amide bonds. The van der Waals surface area contributed by atoms with Gasteiger partial charge >= 0.3 is 6.09 Å². The Morgan fingerprint density at radius 2 is 1.83 bits per heavy atom. The molecule has 0 aliphatic rings. The molecular formula is C11H5N3O4. The second kappa shape index (κ2) is 4.47. The summed E-state index contributed by atoms with van der Waals surface area (Å²) in [6.45, 7) is 0. The topological polar surface area (TPSA) is 101 Å². The second-order valence-electron chi connectivity index (χ2n) is 3.21. The number of aromatic nitrogens is 1. The molecule has 2 aromatic rings. The van der Waals surface area contributed by atoms with Crippen molar-refractivity contribution in [2.75, 3.05) is 0 Å². The molecule has 0 unspecified atom stereocenters. The number of benzene rings is 1. The van der Waals surface area contributed by atoms with Crippen LogP contribution in [0.5, 0.6) is 0 Å². The van der Waals surface area contributed by atoms with Crippen LogP contribution in [0.2, 0.25) is 0 Å². The highest BCUT2D eigenvalue weighted by Gasteiger charge is 2.20. The normalized spacial score (nSPS) is 9.56. The molecule has 1 N–H and O–H groups in total. The summed E-state index contributed by atoms with van der Waals surface area (Å²) in [5.74, 6) is -0.262. The van der Waals surface area contributed by atoms with E-state index in [9.17, 15) is 14.4 Å². The van der Waals surface area contributed by atoms with E-state index in [0.717, 1.165) is 4.57 Å². The molecule has 0 spiro atoms. The number of carbonyl (C=O) groups is 1. The van der Waals surface area contributed by atoms with Crippen molar-refractivity contribution in [1.29, 1.82) is 0 Å². The molecule has 1 aromatic carbocycles. The maximum atomic E-state index is 11.2. The van der Waals surface area contributed by atoms with Crippen LogP contribution in [0.15, 0.2) is 34.3 Å². The first-order chi connectivity index (χ1) is 8.70. The molecular weight excluding hydrogens is 238 g/mol. The van der Waals surface area contributed by atoms with Gasteiger partial charge in [0.05, 0.1) is 5.52 Å². The Morgan fingerprint density at radius 3 is 2.44 bits per heavy atom. The highest BCUT2D eigenvalue weighted by molar-refractivity contribution is 6.04. The predicted molar refractivity (Wildman–Crippen MR) is 60.9 cm³/mol. The molecule has 0 aliphatic carbocycles. The largest absolute Gasteiger partial charge is 0.464 e. The number of aliphatic imine (C=N–C) groups is 2. The van der Waals surface area contributed by atoms with Crippen LogP contribution in [0.25, 0.3) is 10.9 Å². The van der Waals surface area contributed by atoms with Crippen LogP contribution in [-0.4, -0.2) is 27.9 Å². The van der Waals surface area contributed by atoms with E-state index >= 15 is 0 Å². The van der Waals surface area contributed by atoms with Crippen molar-refractivity contribution in [1.82, 2.24) is 4.57 Å². The van der Waals surface area contributed by atoms with Crippen LogP contribution in [0.4, 0.5) is 16.3 Å². The molecule has 18 heavy (non-hydrogen) atoms. The van der Waals surface area contributed by atoms with Gasteiger partial charge in [0.15, 0.2) is 5.82 Å². The second-order valence-corrected chi connectivity index (χ2v) is 3.21. The fourth-order valence-electron chi connectivity index (χ4n) is 1.71. The number of isocyanates is 2. The van der Waals surface area contributed by atoms with Crippen LogP contribution in [0.1, 0.15) is 0 Å². The highest BCUT2D eigenvalue weighted by Crippen LogP contribution is 2.38. The van der Waals surface area contributed by atoms with Gasteiger partial charge < -0.3 is 5.11 Å². The van der Waals surface area contributed by atoms with E-state index < -0.39 is 6.09 Å². The number of para-hydroxylation sites is 1. The Balaban J connectivity index is 3.03. The highest BCUT2D eigenvalue weighted by atomic mass is 16.4. The lowest BCUT2D eigenvalue weighted by atomic mass is 10.2. The van der Waals surface area contributed by atoms with Crippen molar-refractivity contribution >= 4 is 40.7 Å². The molecule has 7 heteroatoms. The molecule has 2 rings (SSSR count). The minimum absolute atomic E-state index is 0.0219. The summed E-state index contributed by atoms with van der Waals surface area (Å²) >= 11 is 0. The van der Waals surface area contributed by atoms with E-state index in [1.807, 2.05) is 0 Å². The molecule has 7 nitrogen and oxygen atoms in total. The van der Waals surface area contributed by atoms with Gasteiger partial charge in [0.25, 0.3) is 0 Å². The van der Waals surface area contributed by atoms with Crippen LogP contribution < -0.4 is 0 Å². The van der Waals surface area contributed by atoms with Crippen LogP contribution in [0.3, 0.4) is 0 Å². The number of hydrogen-bond acceptors (Lipinski definition) is 5. The van der Waals surface area contributed by atoms with Gasteiger partial charge in [0.1, 0.15) is 5.69 Å². The maximum Gasteiger partial charge on any atom is 0.417 e. The fourth-order valence-corrected chi connectivity index (χ4v) is 1.71. The minimum Gasteiger partial charge on any atom is -0.464 e. The average molecular weight is 243 g/mol. The van der Waals surface area contributed by atoms with E-state index in [4.69, 9.17) is 5.11 Å². The van der Waals surface area contributed by atoms with E-state index in [0.29, 0.717) is 5.39 Å². The first-order valence-corrected chi connectivity index (χ1v) is 4.73. The monoisotopic (exact) mass is 243 g/mol. The molecule has 0 saturated carbocycles. The Hall–Kier alpha value is -3.01. The summed E-state index contributed by atoms with van der Waals surface area (Å²) in [4.78, 5) is 38.6. The Kier molecular flexibility index (Phi) is 2.85. The van der Waals surface area contributed by atoms with Gasteiger partial charge in [-0.1, -0.05) is 18.2 Å².